The van der Waals surface area contributed by atoms with E-state index in [0.29, 0.717) is 0 Å². The van der Waals surface area contributed by atoms with Gasteiger partial charge in [0.2, 0.25) is 0 Å². The molecule has 0 bridgehead atoms. The number of hydrogen-bond acceptors (Lipinski definition) is 2. The molecule has 0 spiro atoms. The zero-order valence-electron chi connectivity index (χ0n) is 9.69. The second-order valence-electron chi connectivity index (χ2n) is 3.93. The first-order chi connectivity index (χ1) is 8.25. The van der Waals surface area contributed by atoms with E-state index >= 15 is 0 Å². The lowest BCUT2D eigenvalue weighted by molar-refractivity contribution is 1.22. The third-order valence-corrected chi connectivity index (χ3v) is 2.58. The summed E-state index contributed by atoms with van der Waals surface area (Å²) in [6.45, 7) is 4.06. The largest absolute Gasteiger partial charge is 0.399 e. The van der Waals surface area contributed by atoms with Gasteiger partial charge >= 0.3 is 0 Å². The van der Waals surface area contributed by atoms with Crippen LogP contribution in [0.15, 0.2) is 78.2 Å². The molecule has 0 aliphatic heterocycles. The van der Waals surface area contributed by atoms with Gasteiger partial charge in [0.1, 0.15) is 0 Å². The summed E-state index contributed by atoms with van der Waals surface area (Å²) in [6, 6.07) is 10.0. The van der Waals surface area contributed by atoms with Crippen LogP contribution in [0.2, 0.25) is 0 Å². The molecule has 1 aliphatic rings. The fourth-order valence-corrected chi connectivity index (χ4v) is 1.64. The molecule has 0 aromatic heterocycles. The van der Waals surface area contributed by atoms with E-state index in [0.717, 1.165) is 29.1 Å². The van der Waals surface area contributed by atoms with Gasteiger partial charge in [0, 0.05) is 17.1 Å². The molecular formula is C15H16N2. The maximum atomic E-state index is 5.73. The van der Waals surface area contributed by atoms with Crippen LogP contribution in [0.25, 0.3) is 0 Å². The van der Waals surface area contributed by atoms with E-state index in [-0.39, 0.29) is 0 Å². The molecule has 0 atom stereocenters. The summed E-state index contributed by atoms with van der Waals surface area (Å²) in [4.78, 5) is 0. The average molecular weight is 224 g/mol. The average Bonchev–Trinajstić information content (AvgIpc) is 2.55. The molecule has 0 saturated carbocycles. The third kappa shape index (κ3) is 3.11. The molecular weight excluding hydrogens is 208 g/mol. The topological polar surface area (TPSA) is 38.0 Å². The highest BCUT2D eigenvalue weighted by atomic mass is 14.9. The highest BCUT2D eigenvalue weighted by molar-refractivity contribution is 5.53. The summed E-state index contributed by atoms with van der Waals surface area (Å²) in [5.41, 5.74) is 9.60. The van der Waals surface area contributed by atoms with Crippen molar-refractivity contribution in [2.24, 2.45) is 5.73 Å². The van der Waals surface area contributed by atoms with E-state index in [9.17, 15) is 0 Å². The first-order valence-electron chi connectivity index (χ1n) is 5.60. The number of nitrogens with one attached hydrogen (secondary N) is 1. The summed E-state index contributed by atoms with van der Waals surface area (Å²) in [7, 11) is 0. The number of benzene rings is 1. The Balaban J connectivity index is 2.09. The molecule has 1 aromatic carbocycles. The zero-order valence-corrected chi connectivity index (χ0v) is 9.69. The predicted molar refractivity (Wildman–Crippen MR) is 73.3 cm³/mol. The Bertz CT molecular complexity index is 493. The van der Waals surface area contributed by atoms with Gasteiger partial charge in [-0.25, -0.2) is 0 Å². The molecule has 2 rings (SSSR count). The molecule has 1 aromatic rings. The zero-order chi connectivity index (χ0) is 12.1. The predicted octanol–water partition coefficient (Wildman–Crippen LogP) is 3.34. The Kier molecular flexibility index (Phi) is 3.46. The van der Waals surface area contributed by atoms with E-state index in [1.807, 2.05) is 54.6 Å². The molecule has 0 fully saturated rings. The first-order valence-corrected chi connectivity index (χ1v) is 5.60. The minimum Gasteiger partial charge on any atom is -0.399 e. The third-order valence-electron chi connectivity index (χ3n) is 2.58. The maximum absolute atomic E-state index is 5.73. The smallest absolute Gasteiger partial charge is 0.0384 e. The molecule has 0 unspecified atom stereocenters. The van der Waals surface area contributed by atoms with Crippen molar-refractivity contribution < 1.29 is 0 Å². The van der Waals surface area contributed by atoms with Gasteiger partial charge in [0.05, 0.1) is 0 Å². The van der Waals surface area contributed by atoms with Gasteiger partial charge in [-0.1, -0.05) is 36.9 Å². The number of allylic oxidation sites excluding steroid dienone is 5. The van der Waals surface area contributed by atoms with Gasteiger partial charge < -0.3 is 11.1 Å². The molecule has 0 saturated heterocycles. The van der Waals surface area contributed by atoms with Crippen LogP contribution in [0.5, 0.6) is 0 Å². The van der Waals surface area contributed by atoms with Crippen LogP contribution in [-0.4, -0.2) is 0 Å². The van der Waals surface area contributed by atoms with Crippen LogP contribution in [0.4, 0.5) is 5.69 Å². The molecule has 0 amide bonds. The molecule has 86 valence electrons. The fraction of sp³-hybridized carbons (Fsp3) is 0.0667. The van der Waals surface area contributed by atoms with Crippen molar-refractivity contribution >= 4 is 5.69 Å². The van der Waals surface area contributed by atoms with Crippen molar-refractivity contribution in [3.05, 3.63) is 78.2 Å². The number of hydrogen-bond donors (Lipinski definition) is 2. The van der Waals surface area contributed by atoms with Crippen molar-refractivity contribution in [1.82, 2.24) is 0 Å². The molecule has 3 N–H and O–H groups in total. The van der Waals surface area contributed by atoms with Crippen LogP contribution in [0.3, 0.4) is 0 Å². The Hall–Kier alpha value is -2.22. The van der Waals surface area contributed by atoms with Crippen molar-refractivity contribution in [3.63, 3.8) is 0 Å². The van der Waals surface area contributed by atoms with Crippen LogP contribution < -0.4 is 11.1 Å². The van der Waals surface area contributed by atoms with E-state index in [2.05, 4.69) is 11.9 Å². The summed E-state index contributed by atoms with van der Waals surface area (Å²) >= 11 is 0. The lowest BCUT2D eigenvalue weighted by Gasteiger charge is -2.11. The first kappa shape index (κ1) is 11.3. The standard InChI is InChI=1S/C15H16N2/c1-12(17-15-8-3-2-4-9-15)13-6-5-7-14(16)11-10-13/h2-5,7-11,17H,1,6,16H2. The summed E-state index contributed by atoms with van der Waals surface area (Å²) in [5.74, 6) is 0. The van der Waals surface area contributed by atoms with Crippen molar-refractivity contribution in [2.45, 2.75) is 6.42 Å². The maximum Gasteiger partial charge on any atom is 0.0384 e. The van der Waals surface area contributed by atoms with Gasteiger partial charge in [-0.05, 0) is 36.3 Å². The van der Waals surface area contributed by atoms with Crippen molar-refractivity contribution in [3.8, 4) is 0 Å². The Morgan fingerprint density at radius 2 is 1.94 bits per heavy atom. The highest BCUT2D eigenvalue weighted by Crippen LogP contribution is 2.19. The fourth-order valence-electron chi connectivity index (χ4n) is 1.64. The van der Waals surface area contributed by atoms with Gasteiger partial charge in [-0.15, -0.1) is 0 Å². The van der Waals surface area contributed by atoms with Crippen LogP contribution >= 0.6 is 0 Å². The van der Waals surface area contributed by atoms with Gasteiger partial charge in [-0.3, -0.25) is 0 Å². The van der Waals surface area contributed by atoms with Gasteiger partial charge in [-0.2, -0.15) is 0 Å². The number of nitrogens with two attached hydrogens (primary N) is 1. The Labute approximate surface area is 102 Å². The Morgan fingerprint density at radius 1 is 1.18 bits per heavy atom. The summed E-state index contributed by atoms with van der Waals surface area (Å²) in [6.07, 6.45) is 8.71. The van der Waals surface area contributed by atoms with Gasteiger partial charge in [0.25, 0.3) is 0 Å². The van der Waals surface area contributed by atoms with E-state index in [4.69, 9.17) is 5.73 Å². The monoisotopic (exact) mass is 224 g/mol. The highest BCUT2D eigenvalue weighted by Gasteiger charge is 2.03. The molecule has 2 nitrogen and oxygen atoms in total. The molecule has 17 heavy (non-hydrogen) atoms. The van der Waals surface area contributed by atoms with E-state index < -0.39 is 0 Å². The van der Waals surface area contributed by atoms with Crippen LogP contribution in [0, 0.1) is 0 Å². The molecule has 2 heteroatoms. The SMILES string of the molecule is C=C(Nc1ccccc1)C1=CC=C(N)C=CC1. The number of rotatable bonds is 3. The van der Waals surface area contributed by atoms with E-state index in [1.165, 1.54) is 0 Å². The van der Waals surface area contributed by atoms with Crippen molar-refractivity contribution in [1.29, 1.82) is 0 Å². The second kappa shape index (κ2) is 5.21. The van der Waals surface area contributed by atoms with Crippen LogP contribution in [0.1, 0.15) is 6.42 Å². The molecule has 1 aliphatic carbocycles. The summed E-state index contributed by atoms with van der Waals surface area (Å²) in [5, 5.41) is 3.29. The normalized spacial score (nSPS) is 14.6. The minimum atomic E-state index is 0.771. The van der Waals surface area contributed by atoms with Crippen molar-refractivity contribution in [2.75, 3.05) is 5.32 Å². The summed E-state index contributed by atoms with van der Waals surface area (Å²) < 4.78 is 0. The molecule has 0 radical (unpaired) electrons. The molecule has 0 heterocycles. The van der Waals surface area contributed by atoms with Gasteiger partial charge in [0.15, 0.2) is 0 Å². The lowest BCUT2D eigenvalue weighted by atomic mass is 10.1. The Morgan fingerprint density at radius 3 is 2.71 bits per heavy atom. The minimum absolute atomic E-state index is 0.771. The second-order valence-corrected chi connectivity index (χ2v) is 3.93. The lowest BCUT2D eigenvalue weighted by Crippen LogP contribution is -2.00. The van der Waals surface area contributed by atoms with E-state index in [1.54, 1.807) is 0 Å². The van der Waals surface area contributed by atoms with Crippen LogP contribution in [-0.2, 0) is 0 Å². The number of para-hydroxylation sites is 1. The number of anilines is 1. The quantitative estimate of drug-likeness (QED) is 0.826.